The summed E-state index contributed by atoms with van der Waals surface area (Å²) in [5.41, 5.74) is 7.19. The zero-order valence-electron chi connectivity index (χ0n) is 9.47. The van der Waals surface area contributed by atoms with Crippen LogP contribution in [0.3, 0.4) is 0 Å². The topological polar surface area (TPSA) is 51.8 Å². The van der Waals surface area contributed by atoms with Crippen LogP contribution < -0.4 is 5.73 Å². The summed E-state index contributed by atoms with van der Waals surface area (Å²) in [5, 5.41) is 1.39. The molecule has 18 heavy (non-hydrogen) atoms. The van der Waals surface area contributed by atoms with Crippen molar-refractivity contribution in [3.8, 4) is 11.3 Å². The Morgan fingerprint density at radius 3 is 2.50 bits per heavy atom. The number of nitrogens with two attached hydrogens (primary N) is 1. The molecule has 0 saturated carbocycles. The van der Waals surface area contributed by atoms with Gasteiger partial charge in [-0.15, -0.1) is 0 Å². The Balaban J connectivity index is 2.33. The molecule has 1 heterocycles. The number of halogens is 1. The summed E-state index contributed by atoms with van der Waals surface area (Å²) in [6.07, 6.45) is 1.41. The van der Waals surface area contributed by atoms with E-state index in [1.165, 1.54) is 12.4 Å². The van der Waals surface area contributed by atoms with Crippen LogP contribution in [0.25, 0.3) is 22.0 Å². The van der Waals surface area contributed by atoms with Gasteiger partial charge in [0.15, 0.2) is 0 Å². The molecule has 0 fully saturated rings. The van der Waals surface area contributed by atoms with Gasteiger partial charge in [0, 0.05) is 17.0 Å². The highest BCUT2D eigenvalue weighted by Gasteiger charge is 2.08. The lowest BCUT2D eigenvalue weighted by molar-refractivity contribution is 0.640. The SMILES string of the molecule is Nc1cc(-c2ccc(F)c3ccccc23)ncn1. The third kappa shape index (κ3) is 1.68. The zero-order chi connectivity index (χ0) is 12.5. The molecule has 2 N–H and O–H groups in total. The van der Waals surface area contributed by atoms with Crippen molar-refractivity contribution in [3.05, 3.63) is 54.6 Å². The predicted octanol–water partition coefficient (Wildman–Crippen LogP) is 3.02. The molecule has 0 aliphatic heterocycles. The predicted molar refractivity (Wildman–Crippen MR) is 69.3 cm³/mol. The van der Waals surface area contributed by atoms with Crippen molar-refractivity contribution in [1.29, 1.82) is 0 Å². The van der Waals surface area contributed by atoms with E-state index in [9.17, 15) is 4.39 Å². The lowest BCUT2D eigenvalue weighted by Gasteiger charge is -2.07. The highest BCUT2D eigenvalue weighted by Crippen LogP contribution is 2.29. The van der Waals surface area contributed by atoms with Crippen molar-refractivity contribution in [3.63, 3.8) is 0 Å². The quantitative estimate of drug-likeness (QED) is 0.710. The van der Waals surface area contributed by atoms with E-state index in [4.69, 9.17) is 5.73 Å². The van der Waals surface area contributed by atoms with Gasteiger partial charge in [-0.05, 0) is 17.5 Å². The number of nitrogens with zero attached hydrogens (tertiary/aromatic N) is 2. The van der Waals surface area contributed by atoms with E-state index >= 15 is 0 Å². The number of hydrogen-bond donors (Lipinski definition) is 1. The lowest BCUT2D eigenvalue weighted by atomic mass is 10.0. The Bertz CT molecular complexity index is 725. The number of aromatic nitrogens is 2. The van der Waals surface area contributed by atoms with Crippen molar-refractivity contribution in [2.24, 2.45) is 0 Å². The van der Waals surface area contributed by atoms with Crippen LogP contribution in [0.2, 0.25) is 0 Å². The summed E-state index contributed by atoms with van der Waals surface area (Å²) in [7, 11) is 0. The van der Waals surface area contributed by atoms with Crippen LogP contribution in [0.15, 0.2) is 48.8 Å². The van der Waals surface area contributed by atoms with E-state index in [2.05, 4.69) is 9.97 Å². The minimum atomic E-state index is -0.239. The van der Waals surface area contributed by atoms with Crippen LogP contribution in [0, 0.1) is 5.82 Å². The highest BCUT2D eigenvalue weighted by atomic mass is 19.1. The van der Waals surface area contributed by atoms with Gasteiger partial charge in [0.2, 0.25) is 0 Å². The minimum absolute atomic E-state index is 0.239. The molecule has 4 heteroatoms. The van der Waals surface area contributed by atoms with Crippen LogP contribution in [-0.2, 0) is 0 Å². The first-order valence-electron chi connectivity index (χ1n) is 5.51. The molecule has 0 amide bonds. The van der Waals surface area contributed by atoms with Gasteiger partial charge in [-0.3, -0.25) is 0 Å². The van der Waals surface area contributed by atoms with Crippen molar-refractivity contribution >= 4 is 16.6 Å². The first-order chi connectivity index (χ1) is 8.75. The van der Waals surface area contributed by atoms with Crippen LogP contribution in [0.1, 0.15) is 0 Å². The fourth-order valence-corrected chi connectivity index (χ4v) is 2.01. The van der Waals surface area contributed by atoms with Crippen LogP contribution >= 0.6 is 0 Å². The molecule has 0 saturated heterocycles. The monoisotopic (exact) mass is 239 g/mol. The molecule has 0 spiro atoms. The molecule has 0 aliphatic carbocycles. The van der Waals surface area contributed by atoms with Gasteiger partial charge < -0.3 is 5.73 Å². The van der Waals surface area contributed by atoms with Crippen LogP contribution in [0.5, 0.6) is 0 Å². The molecular formula is C14H10FN3. The first kappa shape index (κ1) is 10.7. The number of hydrogen-bond acceptors (Lipinski definition) is 3. The van der Waals surface area contributed by atoms with E-state index in [1.807, 2.05) is 18.2 Å². The summed E-state index contributed by atoms with van der Waals surface area (Å²) < 4.78 is 13.7. The summed E-state index contributed by atoms with van der Waals surface area (Å²) in [5.74, 6) is 0.157. The molecule has 3 nitrogen and oxygen atoms in total. The van der Waals surface area contributed by atoms with Crippen molar-refractivity contribution in [1.82, 2.24) is 9.97 Å². The number of nitrogen functional groups attached to an aromatic ring is 1. The molecule has 3 aromatic rings. The average molecular weight is 239 g/mol. The molecule has 0 radical (unpaired) electrons. The molecule has 0 aliphatic rings. The van der Waals surface area contributed by atoms with Gasteiger partial charge >= 0.3 is 0 Å². The Hall–Kier alpha value is -2.49. The Kier molecular flexibility index (Phi) is 2.41. The zero-order valence-corrected chi connectivity index (χ0v) is 9.47. The number of benzene rings is 2. The summed E-state index contributed by atoms with van der Waals surface area (Å²) in [4.78, 5) is 8.03. The highest BCUT2D eigenvalue weighted by molar-refractivity contribution is 5.96. The molecular weight excluding hydrogens is 229 g/mol. The molecule has 3 rings (SSSR count). The number of rotatable bonds is 1. The first-order valence-corrected chi connectivity index (χ1v) is 5.51. The largest absolute Gasteiger partial charge is 0.384 e. The second-order valence-corrected chi connectivity index (χ2v) is 3.97. The molecule has 88 valence electrons. The Morgan fingerprint density at radius 2 is 1.72 bits per heavy atom. The van der Waals surface area contributed by atoms with E-state index in [0.29, 0.717) is 16.9 Å². The molecule has 1 aromatic heterocycles. The molecule has 0 atom stereocenters. The average Bonchev–Trinajstić information content (AvgIpc) is 2.39. The fourth-order valence-electron chi connectivity index (χ4n) is 2.01. The van der Waals surface area contributed by atoms with Crippen molar-refractivity contribution in [2.45, 2.75) is 0 Å². The van der Waals surface area contributed by atoms with E-state index in [1.54, 1.807) is 18.2 Å². The van der Waals surface area contributed by atoms with Crippen molar-refractivity contribution in [2.75, 3.05) is 5.73 Å². The number of anilines is 1. The Morgan fingerprint density at radius 1 is 0.944 bits per heavy atom. The van der Waals surface area contributed by atoms with E-state index in [0.717, 1.165) is 10.9 Å². The maximum Gasteiger partial charge on any atom is 0.131 e. The fraction of sp³-hybridized carbons (Fsp3) is 0. The standard InChI is InChI=1S/C14H10FN3/c15-12-6-5-11(9-3-1-2-4-10(9)12)13-7-14(16)18-8-17-13/h1-8H,(H2,16,17,18). The summed E-state index contributed by atoms with van der Waals surface area (Å²) >= 11 is 0. The van der Waals surface area contributed by atoms with Crippen molar-refractivity contribution < 1.29 is 4.39 Å². The Labute approximate surface area is 103 Å². The summed E-state index contributed by atoms with van der Waals surface area (Å²) in [6, 6.07) is 12.1. The maximum absolute atomic E-state index is 13.7. The van der Waals surface area contributed by atoms with Crippen LogP contribution in [0.4, 0.5) is 10.2 Å². The van der Waals surface area contributed by atoms with E-state index in [-0.39, 0.29) is 5.82 Å². The normalized spacial score (nSPS) is 10.7. The van der Waals surface area contributed by atoms with Gasteiger partial charge in [-0.2, -0.15) is 0 Å². The molecule has 2 aromatic carbocycles. The third-order valence-electron chi connectivity index (χ3n) is 2.84. The smallest absolute Gasteiger partial charge is 0.131 e. The van der Waals surface area contributed by atoms with Gasteiger partial charge in [-0.25, -0.2) is 14.4 Å². The van der Waals surface area contributed by atoms with Crippen LogP contribution in [-0.4, -0.2) is 9.97 Å². The summed E-state index contributed by atoms with van der Waals surface area (Å²) in [6.45, 7) is 0. The lowest BCUT2D eigenvalue weighted by Crippen LogP contribution is -1.93. The number of fused-ring (bicyclic) bond motifs is 1. The van der Waals surface area contributed by atoms with Gasteiger partial charge in [0.1, 0.15) is 18.0 Å². The van der Waals surface area contributed by atoms with Gasteiger partial charge in [0.05, 0.1) is 5.69 Å². The minimum Gasteiger partial charge on any atom is -0.384 e. The van der Waals surface area contributed by atoms with Gasteiger partial charge in [0.25, 0.3) is 0 Å². The maximum atomic E-state index is 13.7. The second kappa shape index (κ2) is 4.07. The molecule has 0 unspecified atom stereocenters. The van der Waals surface area contributed by atoms with E-state index < -0.39 is 0 Å². The van der Waals surface area contributed by atoms with Gasteiger partial charge in [-0.1, -0.05) is 24.3 Å². The second-order valence-electron chi connectivity index (χ2n) is 3.97. The third-order valence-corrected chi connectivity index (χ3v) is 2.84. The molecule has 0 bridgehead atoms.